The van der Waals surface area contributed by atoms with Crippen molar-refractivity contribution in [1.82, 2.24) is 19.9 Å². The van der Waals surface area contributed by atoms with Crippen molar-refractivity contribution in [2.24, 2.45) is 0 Å². The molecule has 0 unspecified atom stereocenters. The molecule has 2 aliphatic heterocycles. The van der Waals surface area contributed by atoms with Crippen LogP contribution < -0.4 is 15.5 Å². The zero-order valence-electron chi connectivity index (χ0n) is 18.0. The lowest BCUT2D eigenvalue weighted by Gasteiger charge is -2.38. The van der Waals surface area contributed by atoms with Crippen LogP contribution in [-0.2, 0) is 17.7 Å². The molecular formula is C23H27N7O. The fourth-order valence-corrected chi connectivity index (χ4v) is 4.26. The summed E-state index contributed by atoms with van der Waals surface area (Å²) in [5.41, 5.74) is 10.8. The second-order valence-electron chi connectivity index (χ2n) is 8.22. The smallest absolute Gasteiger partial charge is 0.161 e. The van der Waals surface area contributed by atoms with Gasteiger partial charge in [0.2, 0.25) is 0 Å². The predicted molar refractivity (Wildman–Crippen MR) is 121 cm³/mol. The summed E-state index contributed by atoms with van der Waals surface area (Å²) < 4.78 is 5.67. The van der Waals surface area contributed by atoms with E-state index in [2.05, 4.69) is 26.7 Å². The molecule has 1 atom stereocenters. The van der Waals surface area contributed by atoms with Gasteiger partial charge in [-0.25, -0.2) is 19.9 Å². The third kappa shape index (κ3) is 3.90. The number of nitrogen functional groups attached to an aromatic ring is 1. The van der Waals surface area contributed by atoms with Gasteiger partial charge in [0.15, 0.2) is 5.82 Å². The highest BCUT2D eigenvalue weighted by molar-refractivity contribution is 5.64. The van der Waals surface area contributed by atoms with Gasteiger partial charge in [0.1, 0.15) is 18.0 Å². The molecule has 2 aliphatic rings. The first-order chi connectivity index (χ1) is 15.1. The van der Waals surface area contributed by atoms with Crippen LogP contribution in [0.1, 0.15) is 23.9 Å². The van der Waals surface area contributed by atoms with Gasteiger partial charge in [-0.1, -0.05) is 0 Å². The molecule has 4 heterocycles. The van der Waals surface area contributed by atoms with Crippen LogP contribution in [0.25, 0.3) is 11.4 Å². The third-order valence-corrected chi connectivity index (χ3v) is 5.97. The summed E-state index contributed by atoms with van der Waals surface area (Å²) in [5, 5.41) is 0. The van der Waals surface area contributed by atoms with E-state index in [-0.39, 0.29) is 6.04 Å². The summed E-state index contributed by atoms with van der Waals surface area (Å²) in [6.45, 7) is 8.01. The molecule has 1 saturated heterocycles. The zero-order valence-corrected chi connectivity index (χ0v) is 18.0. The second kappa shape index (κ2) is 8.11. The minimum Gasteiger partial charge on any atom is -0.399 e. The van der Waals surface area contributed by atoms with Gasteiger partial charge in [-0.05, 0) is 44.5 Å². The van der Waals surface area contributed by atoms with Crippen LogP contribution in [0.15, 0.2) is 36.7 Å². The summed E-state index contributed by atoms with van der Waals surface area (Å²) in [6, 6.07) is 10.1. The average molecular weight is 418 g/mol. The fraction of sp³-hybridized carbons (Fsp3) is 0.391. The van der Waals surface area contributed by atoms with Crippen molar-refractivity contribution in [2.75, 3.05) is 41.8 Å². The quantitative estimate of drug-likeness (QED) is 0.650. The molecule has 31 heavy (non-hydrogen) atoms. The molecule has 0 bridgehead atoms. The Morgan fingerprint density at radius 3 is 2.71 bits per heavy atom. The van der Waals surface area contributed by atoms with Gasteiger partial charge in [0.05, 0.1) is 31.5 Å². The number of hydrogen-bond donors (Lipinski definition) is 1. The van der Waals surface area contributed by atoms with E-state index in [0.717, 1.165) is 59.6 Å². The topological polar surface area (TPSA) is 93.3 Å². The number of aryl methyl sites for hydroxylation is 1. The van der Waals surface area contributed by atoms with Crippen LogP contribution in [0.3, 0.4) is 0 Å². The predicted octanol–water partition coefficient (Wildman–Crippen LogP) is 2.61. The van der Waals surface area contributed by atoms with E-state index in [9.17, 15) is 0 Å². The van der Waals surface area contributed by atoms with E-state index < -0.39 is 0 Å². The SMILES string of the molecule is Cc1cc(N2CCc3c(nc(-c4ccc(N)cc4)nc3N3CCOC[C@@H]3C)C2)ncn1. The van der Waals surface area contributed by atoms with E-state index >= 15 is 0 Å². The molecule has 0 amide bonds. The maximum absolute atomic E-state index is 5.89. The lowest BCUT2D eigenvalue weighted by Crippen LogP contribution is -2.45. The molecular weight excluding hydrogens is 390 g/mol. The summed E-state index contributed by atoms with van der Waals surface area (Å²) in [5.74, 6) is 2.70. The normalized spacial score (nSPS) is 18.7. The van der Waals surface area contributed by atoms with Crippen LogP contribution in [0, 0.1) is 6.92 Å². The van der Waals surface area contributed by atoms with E-state index in [0.29, 0.717) is 19.8 Å². The number of fused-ring (bicyclic) bond motifs is 1. The molecule has 1 aromatic carbocycles. The van der Waals surface area contributed by atoms with Crippen molar-refractivity contribution < 1.29 is 4.74 Å². The lowest BCUT2D eigenvalue weighted by atomic mass is 10.0. The van der Waals surface area contributed by atoms with Crippen LogP contribution in [0.2, 0.25) is 0 Å². The van der Waals surface area contributed by atoms with Gasteiger partial charge in [-0.3, -0.25) is 0 Å². The summed E-state index contributed by atoms with van der Waals surface area (Å²) >= 11 is 0. The van der Waals surface area contributed by atoms with Gasteiger partial charge >= 0.3 is 0 Å². The van der Waals surface area contributed by atoms with Crippen LogP contribution in [-0.4, -0.2) is 52.3 Å². The third-order valence-electron chi connectivity index (χ3n) is 5.97. The van der Waals surface area contributed by atoms with Crippen LogP contribution in [0.5, 0.6) is 0 Å². The molecule has 3 aromatic rings. The molecule has 0 aliphatic carbocycles. The average Bonchev–Trinajstić information content (AvgIpc) is 2.79. The number of rotatable bonds is 3. The molecule has 1 fully saturated rings. The summed E-state index contributed by atoms with van der Waals surface area (Å²) in [7, 11) is 0. The number of anilines is 3. The monoisotopic (exact) mass is 417 g/mol. The Bertz CT molecular complexity index is 1090. The van der Waals surface area contributed by atoms with E-state index in [1.807, 2.05) is 37.3 Å². The summed E-state index contributed by atoms with van der Waals surface area (Å²) in [6.07, 6.45) is 2.50. The maximum Gasteiger partial charge on any atom is 0.161 e. The number of hydrogen-bond acceptors (Lipinski definition) is 8. The highest BCUT2D eigenvalue weighted by Gasteiger charge is 2.29. The van der Waals surface area contributed by atoms with Crippen LogP contribution in [0.4, 0.5) is 17.3 Å². The van der Waals surface area contributed by atoms with Crippen molar-refractivity contribution in [3.8, 4) is 11.4 Å². The van der Waals surface area contributed by atoms with E-state index in [1.54, 1.807) is 6.33 Å². The van der Waals surface area contributed by atoms with Gasteiger partial charge < -0.3 is 20.3 Å². The first-order valence-corrected chi connectivity index (χ1v) is 10.7. The number of morpholine rings is 1. The number of benzene rings is 1. The fourth-order valence-electron chi connectivity index (χ4n) is 4.26. The summed E-state index contributed by atoms with van der Waals surface area (Å²) in [4.78, 5) is 23.4. The first kappa shape index (κ1) is 19.7. The molecule has 0 saturated carbocycles. The van der Waals surface area contributed by atoms with Gasteiger partial charge in [-0.2, -0.15) is 0 Å². The Morgan fingerprint density at radius 1 is 1.10 bits per heavy atom. The number of aromatic nitrogens is 4. The second-order valence-corrected chi connectivity index (χ2v) is 8.22. The van der Waals surface area contributed by atoms with Crippen molar-refractivity contribution in [1.29, 1.82) is 0 Å². The van der Waals surface area contributed by atoms with Crippen LogP contribution >= 0.6 is 0 Å². The molecule has 2 N–H and O–H groups in total. The van der Waals surface area contributed by atoms with E-state index in [1.165, 1.54) is 5.56 Å². The largest absolute Gasteiger partial charge is 0.399 e. The van der Waals surface area contributed by atoms with E-state index in [4.69, 9.17) is 20.4 Å². The Hall–Kier alpha value is -3.26. The minimum atomic E-state index is 0.273. The molecule has 5 rings (SSSR count). The maximum atomic E-state index is 5.89. The van der Waals surface area contributed by atoms with Crippen molar-refractivity contribution in [3.63, 3.8) is 0 Å². The Kier molecular flexibility index (Phi) is 5.15. The highest BCUT2D eigenvalue weighted by Crippen LogP contribution is 2.32. The standard InChI is InChI=1S/C23H27N7O/c1-15-11-21(26-14-25-15)29-8-7-19-20(12-29)27-22(17-3-5-18(24)6-4-17)28-23(19)30-9-10-31-13-16(30)2/h3-6,11,14,16H,7-10,12-13,24H2,1-2H3/t16-/m0/s1. The van der Waals surface area contributed by atoms with Crippen molar-refractivity contribution in [3.05, 3.63) is 53.6 Å². The molecule has 2 aromatic heterocycles. The molecule has 0 spiro atoms. The Labute approximate surface area is 182 Å². The highest BCUT2D eigenvalue weighted by atomic mass is 16.5. The molecule has 160 valence electrons. The minimum absolute atomic E-state index is 0.273. The first-order valence-electron chi connectivity index (χ1n) is 10.7. The molecule has 0 radical (unpaired) electrons. The lowest BCUT2D eigenvalue weighted by molar-refractivity contribution is 0.0984. The number of nitrogens with zero attached hydrogens (tertiary/aromatic N) is 6. The van der Waals surface area contributed by atoms with Gasteiger partial charge in [0.25, 0.3) is 0 Å². The number of ether oxygens (including phenoxy) is 1. The Morgan fingerprint density at radius 2 is 1.94 bits per heavy atom. The molecule has 8 heteroatoms. The number of nitrogens with two attached hydrogens (primary N) is 1. The van der Waals surface area contributed by atoms with Crippen molar-refractivity contribution >= 4 is 17.3 Å². The Balaban J connectivity index is 1.58. The van der Waals surface area contributed by atoms with Crippen molar-refractivity contribution in [2.45, 2.75) is 32.9 Å². The molecule has 8 nitrogen and oxygen atoms in total. The zero-order chi connectivity index (χ0) is 21.4. The van der Waals surface area contributed by atoms with Gasteiger partial charge in [0, 0.05) is 41.7 Å². The van der Waals surface area contributed by atoms with Gasteiger partial charge in [-0.15, -0.1) is 0 Å².